The number of nitrogens with zero attached hydrogens (tertiary/aromatic N) is 2. The highest BCUT2D eigenvalue weighted by Gasteiger charge is 2.50. The molecule has 0 radical (unpaired) electrons. The average molecular weight is 446 g/mol. The number of nitrogens with two attached hydrogens (primary N) is 1. The zero-order valence-electron chi connectivity index (χ0n) is 18.5. The Kier molecular flexibility index (Phi) is 6.09. The fourth-order valence-corrected chi connectivity index (χ4v) is 4.66. The van der Waals surface area contributed by atoms with Crippen molar-refractivity contribution in [3.8, 4) is 16.9 Å². The summed E-state index contributed by atoms with van der Waals surface area (Å²) in [7, 11) is 1.68. The molecule has 0 saturated carbocycles. The summed E-state index contributed by atoms with van der Waals surface area (Å²) in [4.78, 5) is 10.8. The predicted octanol–water partition coefficient (Wildman–Crippen LogP) is 4.17. The molecule has 2 aromatic carbocycles. The lowest BCUT2D eigenvalue weighted by molar-refractivity contribution is -0.195. The molecule has 3 N–H and O–H groups in total. The topological polar surface area (TPSA) is 80.3 Å². The number of hydroxylamine groups is 2. The van der Waals surface area contributed by atoms with Crippen LogP contribution in [0.1, 0.15) is 38.7 Å². The van der Waals surface area contributed by atoms with Gasteiger partial charge in [0.15, 0.2) is 0 Å². The molecule has 2 aliphatic rings. The van der Waals surface area contributed by atoms with E-state index in [1.807, 2.05) is 0 Å². The van der Waals surface area contributed by atoms with Gasteiger partial charge in [-0.3, -0.25) is 0 Å². The standard InChI is InChI=1S/C24H29F2N3O3/c1-14(2)8-16(6-7-30)22-13-24(28-23(27)29(3)32-24)20-11-15(4-5-21(20)31-22)17-9-18(25)12-19(26)10-17/h4-5,9-12,14,16,22,30H,6-8,13H2,1-3H3,(H2,27,28). The van der Waals surface area contributed by atoms with Crippen LogP contribution >= 0.6 is 0 Å². The van der Waals surface area contributed by atoms with Crippen molar-refractivity contribution in [1.82, 2.24) is 5.06 Å². The van der Waals surface area contributed by atoms with Gasteiger partial charge in [0.2, 0.25) is 11.7 Å². The Hall–Kier alpha value is -2.71. The number of guanidine groups is 1. The Morgan fingerprint density at radius 2 is 1.91 bits per heavy atom. The summed E-state index contributed by atoms with van der Waals surface area (Å²) in [6, 6.07) is 8.73. The molecule has 2 heterocycles. The van der Waals surface area contributed by atoms with E-state index in [1.165, 1.54) is 17.2 Å². The van der Waals surface area contributed by atoms with Gasteiger partial charge in [-0.1, -0.05) is 19.9 Å². The molecule has 0 aromatic heterocycles. The number of aliphatic imine (C=N–C) groups is 1. The molecule has 8 heteroatoms. The van der Waals surface area contributed by atoms with E-state index >= 15 is 0 Å². The number of aliphatic hydroxyl groups is 1. The van der Waals surface area contributed by atoms with Crippen LogP contribution in [0.3, 0.4) is 0 Å². The van der Waals surface area contributed by atoms with Gasteiger partial charge in [0.05, 0.1) is 5.56 Å². The molecular weight excluding hydrogens is 416 g/mol. The van der Waals surface area contributed by atoms with E-state index in [-0.39, 0.29) is 24.6 Å². The van der Waals surface area contributed by atoms with Crippen molar-refractivity contribution in [3.63, 3.8) is 0 Å². The largest absolute Gasteiger partial charge is 0.489 e. The summed E-state index contributed by atoms with van der Waals surface area (Å²) in [5.74, 6) is 0.0556. The van der Waals surface area contributed by atoms with E-state index in [9.17, 15) is 13.9 Å². The number of halogens is 2. The Morgan fingerprint density at radius 3 is 2.50 bits per heavy atom. The molecule has 0 bridgehead atoms. The maximum absolute atomic E-state index is 13.8. The minimum absolute atomic E-state index is 0.0628. The molecule has 6 nitrogen and oxygen atoms in total. The summed E-state index contributed by atoms with van der Waals surface area (Å²) < 4.78 is 34.0. The molecule has 3 atom stereocenters. The van der Waals surface area contributed by atoms with Gasteiger partial charge in [0, 0.05) is 26.1 Å². The van der Waals surface area contributed by atoms with Crippen molar-refractivity contribution >= 4 is 5.96 Å². The highest BCUT2D eigenvalue weighted by Crippen LogP contribution is 2.49. The fourth-order valence-electron chi connectivity index (χ4n) is 4.66. The summed E-state index contributed by atoms with van der Waals surface area (Å²) in [5, 5.41) is 11.0. The maximum Gasteiger partial charge on any atom is 0.221 e. The fraction of sp³-hybridized carbons (Fsp3) is 0.458. The van der Waals surface area contributed by atoms with Crippen molar-refractivity contribution in [2.45, 2.75) is 44.9 Å². The quantitative estimate of drug-likeness (QED) is 0.698. The normalized spacial score (nSPS) is 23.3. The van der Waals surface area contributed by atoms with E-state index in [1.54, 1.807) is 25.2 Å². The van der Waals surface area contributed by atoms with Crippen LogP contribution in [-0.4, -0.2) is 35.9 Å². The number of fused-ring (bicyclic) bond motifs is 2. The van der Waals surface area contributed by atoms with Gasteiger partial charge in [0.25, 0.3) is 0 Å². The third kappa shape index (κ3) is 4.29. The van der Waals surface area contributed by atoms with Gasteiger partial charge in [-0.15, -0.1) is 0 Å². The highest BCUT2D eigenvalue weighted by molar-refractivity contribution is 5.79. The lowest BCUT2D eigenvalue weighted by atomic mass is 9.81. The first-order valence-corrected chi connectivity index (χ1v) is 10.9. The van der Waals surface area contributed by atoms with Crippen LogP contribution < -0.4 is 10.5 Å². The first kappa shape index (κ1) is 22.5. The SMILES string of the molecule is CC(C)CC(CCO)C1CC2(N=C(N)N(C)O2)c2cc(-c3cc(F)cc(F)c3)ccc2O1. The maximum atomic E-state index is 13.8. The summed E-state index contributed by atoms with van der Waals surface area (Å²) in [5.41, 5.74) is 6.62. The summed E-state index contributed by atoms with van der Waals surface area (Å²) in [6.45, 7) is 4.34. The van der Waals surface area contributed by atoms with Crippen LogP contribution in [0.25, 0.3) is 11.1 Å². The third-order valence-corrected chi connectivity index (χ3v) is 6.06. The van der Waals surface area contributed by atoms with Crippen LogP contribution in [0, 0.1) is 23.5 Å². The Morgan fingerprint density at radius 1 is 1.19 bits per heavy atom. The smallest absolute Gasteiger partial charge is 0.221 e. The lowest BCUT2D eigenvalue weighted by Crippen LogP contribution is -2.43. The molecule has 0 fully saturated rings. The first-order valence-electron chi connectivity index (χ1n) is 10.9. The molecule has 0 saturated heterocycles. The van der Waals surface area contributed by atoms with Crippen LogP contribution in [0.5, 0.6) is 5.75 Å². The molecule has 172 valence electrons. The zero-order chi connectivity index (χ0) is 23.0. The molecule has 0 aliphatic carbocycles. The Bertz CT molecular complexity index is 1010. The number of aliphatic hydroxyl groups excluding tert-OH is 1. The second kappa shape index (κ2) is 8.67. The summed E-state index contributed by atoms with van der Waals surface area (Å²) >= 11 is 0. The molecule has 4 rings (SSSR count). The molecule has 2 aromatic rings. The average Bonchev–Trinajstić information content (AvgIpc) is 3.00. The van der Waals surface area contributed by atoms with Crippen molar-refractivity contribution in [2.24, 2.45) is 22.6 Å². The number of hydrogen-bond donors (Lipinski definition) is 2. The van der Waals surface area contributed by atoms with Crippen molar-refractivity contribution in [1.29, 1.82) is 0 Å². The molecule has 1 spiro atoms. The van der Waals surface area contributed by atoms with Crippen LogP contribution in [0.15, 0.2) is 41.4 Å². The number of hydrogen-bond acceptors (Lipinski definition) is 6. The van der Waals surface area contributed by atoms with Gasteiger partial charge < -0.3 is 15.6 Å². The van der Waals surface area contributed by atoms with Gasteiger partial charge in [-0.25, -0.2) is 23.7 Å². The third-order valence-electron chi connectivity index (χ3n) is 6.06. The minimum Gasteiger partial charge on any atom is -0.489 e. The second-order valence-electron chi connectivity index (χ2n) is 8.97. The number of ether oxygens (including phenoxy) is 1. The predicted molar refractivity (Wildman–Crippen MR) is 118 cm³/mol. The van der Waals surface area contributed by atoms with Crippen LogP contribution in [0.4, 0.5) is 8.78 Å². The monoisotopic (exact) mass is 445 g/mol. The molecule has 32 heavy (non-hydrogen) atoms. The number of benzene rings is 2. The molecule has 3 unspecified atom stereocenters. The van der Waals surface area contributed by atoms with E-state index in [2.05, 4.69) is 18.8 Å². The zero-order valence-corrected chi connectivity index (χ0v) is 18.5. The molecule has 2 aliphatic heterocycles. The number of rotatable bonds is 6. The highest BCUT2D eigenvalue weighted by atomic mass is 19.1. The van der Waals surface area contributed by atoms with Crippen molar-refractivity contribution < 1.29 is 23.5 Å². The molecular formula is C24H29F2N3O3. The molecule has 0 amide bonds. The van der Waals surface area contributed by atoms with E-state index in [4.69, 9.17) is 15.3 Å². The van der Waals surface area contributed by atoms with Crippen molar-refractivity contribution in [3.05, 3.63) is 53.6 Å². The van der Waals surface area contributed by atoms with Gasteiger partial charge in [0.1, 0.15) is 23.5 Å². The van der Waals surface area contributed by atoms with Gasteiger partial charge in [-0.05, 0) is 60.1 Å². The summed E-state index contributed by atoms with van der Waals surface area (Å²) in [6.07, 6.45) is 1.65. The van der Waals surface area contributed by atoms with E-state index in [0.717, 1.165) is 12.5 Å². The van der Waals surface area contributed by atoms with E-state index < -0.39 is 17.4 Å². The minimum atomic E-state index is -1.11. The second-order valence-corrected chi connectivity index (χ2v) is 8.97. The van der Waals surface area contributed by atoms with Gasteiger partial charge in [-0.2, -0.15) is 0 Å². The van der Waals surface area contributed by atoms with Crippen LogP contribution in [-0.2, 0) is 10.6 Å². The van der Waals surface area contributed by atoms with Gasteiger partial charge >= 0.3 is 0 Å². The lowest BCUT2D eigenvalue weighted by Gasteiger charge is -2.40. The van der Waals surface area contributed by atoms with Crippen molar-refractivity contribution in [2.75, 3.05) is 13.7 Å². The van der Waals surface area contributed by atoms with Crippen LogP contribution in [0.2, 0.25) is 0 Å². The Labute approximate surface area is 186 Å². The Balaban J connectivity index is 1.78. The van der Waals surface area contributed by atoms with E-state index in [0.29, 0.717) is 41.2 Å². The first-order chi connectivity index (χ1) is 15.2.